The number of rotatable bonds is 8. The van der Waals surface area contributed by atoms with E-state index in [1.165, 1.54) is 16.7 Å². The summed E-state index contributed by atoms with van der Waals surface area (Å²) >= 11 is 0. The minimum Gasteiger partial charge on any atom is -0.493 e. The maximum atomic E-state index is 13.3. The van der Waals surface area contributed by atoms with Gasteiger partial charge in [-0.3, -0.25) is 13.9 Å². The maximum absolute atomic E-state index is 13.3. The van der Waals surface area contributed by atoms with Crippen LogP contribution in [-0.4, -0.2) is 27.5 Å². The Balaban J connectivity index is 2.27. The second-order valence-corrected chi connectivity index (χ2v) is 6.96. The molecule has 29 heavy (non-hydrogen) atoms. The van der Waals surface area contributed by atoms with Gasteiger partial charge in [0.2, 0.25) is 0 Å². The summed E-state index contributed by atoms with van der Waals surface area (Å²) in [5, 5.41) is 9.54. The molecule has 0 aliphatic rings. The van der Waals surface area contributed by atoms with Crippen molar-refractivity contribution in [3.63, 3.8) is 0 Å². The van der Waals surface area contributed by atoms with Crippen LogP contribution in [0.4, 0.5) is 4.39 Å². The minimum absolute atomic E-state index is 0.115. The fourth-order valence-corrected chi connectivity index (χ4v) is 3.40. The summed E-state index contributed by atoms with van der Waals surface area (Å²) in [7, 11) is 1.62. The van der Waals surface area contributed by atoms with Gasteiger partial charge in [-0.25, -0.2) is 9.18 Å². The van der Waals surface area contributed by atoms with Gasteiger partial charge in [0, 0.05) is 32.2 Å². The first kappa shape index (κ1) is 20.8. The van der Waals surface area contributed by atoms with Gasteiger partial charge in [0.05, 0.1) is 17.5 Å². The van der Waals surface area contributed by atoms with E-state index in [-0.39, 0.29) is 19.0 Å². The number of ether oxygens (including phenoxy) is 1. The third-order valence-electron chi connectivity index (χ3n) is 4.88. The minimum atomic E-state index is -0.425. The van der Waals surface area contributed by atoms with Gasteiger partial charge in [-0.2, -0.15) is 0 Å². The van der Waals surface area contributed by atoms with Crippen LogP contribution in [-0.2, 0) is 20.0 Å². The van der Waals surface area contributed by atoms with Crippen LogP contribution in [0.1, 0.15) is 30.9 Å². The van der Waals surface area contributed by atoms with E-state index in [2.05, 4.69) is 0 Å². The molecule has 0 spiro atoms. The van der Waals surface area contributed by atoms with Crippen LogP contribution < -0.4 is 16.0 Å². The van der Waals surface area contributed by atoms with Crippen molar-refractivity contribution in [2.24, 2.45) is 7.05 Å². The molecule has 1 N–H and O–H groups in total. The van der Waals surface area contributed by atoms with E-state index < -0.39 is 11.2 Å². The second kappa shape index (κ2) is 9.05. The molecule has 1 aromatic heterocycles. The zero-order valence-corrected chi connectivity index (χ0v) is 16.7. The number of aromatic nitrogens is 2. The Kier molecular flexibility index (Phi) is 6.49. The molecule has 0 saturated carbocycles. The van der Waals surface area contributed by atoms with Gasteiger partial charge in [-0.15, -0.1) is 0 Å². The number of aryl methyl sites for hydroxylation is 1. The molecule has 0 fully saturated rings. The first-order valence-electron chi connectivity index (χ1n) is 9.71. The highest BCUT2D eigenvalue weighted by atomic mass is 19.1. The summed E-state index contributed by atoms with van der Waals surface area (Å²) in [6.45, 7) is 2.50. The number of fused-ring (bicyclic) bond motifs is 1. The smallest absolute Gasteiger partial charge is 0.331 e. The van der Waals surface area contributed by atoms with Crippen molar-refractivity contribution in [1.29, 1.82) is 0 Å². The van der Waals surface area contributed by atoms with Crippen molar-refractivity contribution in [3.8, 4) is 5.75 Å². The Hall–Kier alpha value is -2.93. The normalized spacial score (nSPS) is 11.2. The van der Waals surface area contributed by atoms with Crippen LogP contribution in [0.2, 0.25) is 0 Å². The fraction of sp³-hybridized carbons (Fsp3) is 0.364. The summed E-state index contributed by atoms with van der Waals surface area (Å²) in [5.41, 5.74) is 1.18. The Bertz CT molecular complexity index is 1120. The molecule has 1 heterocycles. The van der Waals surface area contributed by atoms with E-state index in [1.54, 1.807) is 31.3 Å². The molecule has 0 aliphatic heterocycles. The first-order chi connectivity index (χ1) is 14.0. The van der Waals surface area contributed by atoms with E-state index in [0.29, 0.717) is 41.7 Å². The van der Waals surface area contributed by atoms with Gasteiger partial charge < -0.3 is 9.84 Å². The predicted octanol–water partition coefficient (Wildman–Crippen LogP) is 2.60. The van der Waals surface area contributed by atoms with Gasteiger partial charge in [-0.05, 0) is 42.7 Å². The molecule has 6 nitrogen and oxygen atoms in total. The number of hydrogen-bond acceptors (Lipinski definition) is 4. The maximum Gasteiger partial charge on any atom is 0.331 e. The third kappa shape index (κ3) is 4.24. The lowest BCUT2D eigenvalue weighted by atomic mass is 9.99. The van der Waals surface area contributed by atoms with Crippen LogP contribution in [0.15, 0.2) is 46.0 Å². The molecule has 0 saturated heterocycles. The van der Waals surface area contributed by atoms with Gasteiger partial charge in [0.1, 0.15) is 11.6 Å². The summed E-state index contributed by atoms with van der Waals surface area (Å²) in [4.78, 5) is 25.9. The van der Waals surface area contributed by atoms with Gasteiger partial charge in [-0.1, -0.05) is 19.1 Å². The largest absolute Gasteiger partial charge is 0.493 e. The van der Waals surface area contributed by atoms with Gasteiger partial charge >= 0.3 is 5.69 Å². The Labute approximate surface area is 167 Å². The molecule has 0 bridgehead atoms. The molecule has 0 atom stereocenters. The number of benzene rings is 2. The molecule has 0 radical (unpaired) electrons. The predicted molar refractivity (Wildman–Crippen MR) is 110 cm³/mol. The average Bonchev–Trinajstić information content (AvgIpc) is 2.72. The molecular formula is C22H25FN2O4. The summed E-state index contributed by atoms with van der Waals surface area (Å²) in [5.74, 6) is 0.246. The zero-order valence-electron chi connectivity index (χ0n) is 16.7. The van der Waals surface area contributed by atoms with E-state index in [1.807, 2.05) is 6.92 Å². The van der Waals surface area contributed by atoms with E-state index >= 15 is 0 Å². The highest BCUT2D eigenvalue weighted by Crippen LogP contribution is 2.28. The molecule has 2 aromatic carbocycles. The third-order valence-corrected chi connectivity index (χ3v) is 4.88. The monoisotopic (exact) mass is 400 g/mol. The molecule has 0 aliphatic carbocycles. The number of aliphatic hydroxyl groups excluding tert-OH is 1. The number of halogens is 1. The molecular weight excluding hydrogens is 375 g/mol. The summed E-state index contributed by atoms with van der Waals surface area (Å²) in [6.07, 6.45) is 1.48. The standard InChI is InChI=1S/C22H25FN2O4/c1-3-13-29-19-10-9-18-20(17(19)14-15-5-7-16(23)8-6-15)21(27)25(11-4-12-26)22(28)24(18)2/h5-10,26H,3-4,11-14H2,1-2H3. The quantitative estimate of drug-likeness (QED) is 0.631. The van der Waals surface area contributed by atoms with Crippen LogP contribution in [0, 0.1) is 5.82 Å². The van der Waals surface area contributed by atoms with Gasteiger partial charge in [0.25, 0.3) is 5.56 Å². The Morgan fingerprint density at radius 3 is 2.48 bits per heavy atom. The Morgan fingerprint density at radius 1 is 1.10 bits per heavy atom. The SMILES string of the molecule is CCCOc1ccc2c(c1Cc1ccc(F)cc1)c(=O)n(CCCO)c(=O)n2C. The highest BCUT2D eigenvalue weighted by molar-refractivity contribution is 5.84. The average molecular weight is 400 g/mol. The van der Waals surface area contributed by atoms with Crippen molar-refractivity contribution in [2.45, 2.75) is 32.7 Å². The van der Waals surface area contributed by atoms with Crippen molar-refractivity contribution in [1.82, 2.24) is 9.13 Å². The van der Waals surface area contributed by atoms with Crippen LogP contribution >= 0.6 is 0 Å². The van der Waals surface area contributed by atoms with Crippen molar-refractivity contribution in [2.75, 3.05) is 13.2 Å². The lowest BCUT2D eigenvalue weighted by Gasteiger charge is -2.17. The summed E-state index contributed by atoms with van der Waals surface area (Å²) in [6, 6.07) is 9.58. The first-order valence-corrected chi connectivity index (χ1v) is 9.71. The second-order valence-electron chi connectivity index (χ2n) is 6.96. The lowest BCUT2D eigenvalue weighted by Crippen LogP contribution is -2.39. The van der Waals surface area contributed by atoms with Crippen molar-refractivity contribution in [3.05, 3.63) is 74.2 Å². The molecule has 0 amide bonds. The molecule has 3 rings (SSSR count). The van der Waals surface area contributed by atoms with E-state index in [0.717, 1.165) is 16.6 Å². The Morgan fingerprint density at radius 2 is 1.83 bits per heavy atom. The molecule has 0 unspecified atom stereocenters. The fourth-order valence-electron chi connectivity index (χ4n) is 3.40. The molecule has 154 valence electrons. The lowest BCUT2D eigenvalue weighted by molar-refractivity contribution is 0.277. The van der Waals surface area contributed by atoms with E-state index in [4.69, 9.17) is 9.84 Å². The topological polar surface area (TPSA) is 73.5 Å². The van der Waals surface area contributed by atoms with Gasteiger partial charge in [0.15, 0.2) is 0 Å². The van der Waals surface area contributed by atoms with E-state index in [9.17, 15) is 14.0 Å². The number of aliphatic hydroxyl groups is 1. The number of hydrogen-bond donors (Lipinski definition) is 1. The van der Waals surface area contributed by atoms with Crippen LogP contribution in [0.25, 0.3) is 10.9 Å². The highest BCUT2D eigenvalue weighted by Gasteiger charge is 2.18. The molecule has 7 heteroatoms. The summed E-state index contributed by atoms with van der Waals surface area (Å²) < 4.78 is 21.8. The zero-order chi connectivity index (χ0) is 21.0. The number of nitrogens with zero attached hydrogens (tertiary/aromatic N) is 2. The van der Waals surface area contributed by atoms with Crippen molar-refractivity contribution >= 4 is 10.9 Å². The van der Waals surface area contributed by atoms with Crippen LogP contribution in [0.5, 0.6) is 5.75 Å². The van der Waals surface area contributed by atoms with Crippen molar-refractivity contribution < 1.29 is 14.2 Å². The van der Waals surface area contributed by atoms with Crippen LogP contribution in [0.3, 0.4) is 0 Å². The molecule has 3 aromatic rings.